The number of hydrogen-bond acceptors (Lipinski definition) is 6. The maximum Gasteiger partial charge on any atom is 0.264 e. The van der Waals surface area contributed by atoms with Crippen molar-refractivity contribution < 1.29 is 14.4 Å². The second kappa shape index (κ2) is 9.38. The largest absolute Gasteiger partial charge is 0.370 e. The Kier molecular flexibility index (Phi) is 6.15. The molecule has 2 aliphatic rings. The van der Waals surface area contributed by atoms with Crippen LogP contribution in [0.4, 0.5) is 5.69 Å². The first-order valence-electron chi connectivity index (χ1n) is 11.5. The topological polar surface area (TPSA) is 82.6 Å². The Balaban J connectivity index is 1.34. The van der Waals surface area contributed by atoms with Crippen LogP contribution in [0.25, 0.3) is 0 Å². The molecule has 174 valence electrons. The van der Waals surface area contributed by atoms with Gasteiger partial charge in [0.05, 0.1) is 28.8 Å². The number of fused-ring (bicyclic) bond motifs is 1. The van der Waals surface area contributed by atoms with Gasteiger partial charge in [-0.25, -0.2) is 4.98 Å². The van der Waals surface area contributed by atoms with Crippen LogP contribution >= 0.6 is 11.3 Å². The number of benzene rings is 2. The molecule has 2 atom stereocenters. The summed E-state index contributed by atoms with van der Waals surface area (Å²) in [6, 6.07) is 14.8. The van der Waals surface area contributed by atoms with Gasteiger partial charge in [0.1, 0.15) is 5.01 Å². The number of carbonyl (C=O) groups excluding carboxylic acids is 3. The van der Waals surface area contributed by atoms with Crippen LogP contribution in [-0.2, 0) is 11.3 Å². The van der Waals surface area contributed by atoms with E-state index in [9.17, 15) is 14.4 Å². The van der Waals surface area contributed by atoms with Crippen molar-refractivity contribution >= 4 is 34.7 Å². The summed E-state index contributed by atoms with van der Waals surface area (Å²) in [4.78, 5) is 47.2. The van der Waals surface area contributed by atoms with Crippen molar-refractivity contribution in [2.75, 3.05) is 18.0 Å². The number of nitrogens with zero attached hydrogens (tertiary/aromatic N) is 3. The third-order valence-corrected chi connectivity index (χ3v) is 7.51. The van der Waals surface area contributed by atoms with E-state index in [0.717, 1.165) is 35.6 Å². The molecule has 8 heteroatoms. The summed E-state index contributed by atoms with van der Waals surface area (Å²) in [6.45, 7) is 3.57. The number of amides is 3. The van der Waals surface area contributed by atoms with Gasteiger partial charge in [0.15, 0.2) is 0 Å². The van der Waals surface area contributed by atoms with Gasteiger partial charge in [-0.2, -0.15) is 0 Å². The molecule has 34 heavy (non-hydrogen) atoms. The smallest absolute Gasteiger partial charge is 0.264 e. The lowest BCUT2D eigenvalue weighted by atomic mass is 9.95. The zero-order chi connectivity index (χ0) is 23.7. The van der Waals surface area contributed by atoms with Crippen LogP contribution in [0.5, 0.6) is 0 Å². The van der Waals surface area contributed by atoms with Crippen molar-refractivity contribution in [1.82, 2.24) is 15.2 Å². The van der Waals surface area contributed by atoms with Crippen LogP contribution in [0.3, 0.4) is 0 Å². The molecule has 7 nitrogen and oxygen atoms in total. The van der Waals surface area contributed by atoms with Crippen LogP contribution in [0, 0.1) is 5.92 Å². The Morgan fingerprint density at radius 3 is 2.74 bits per heavy atom. The highest BCUT2D eigenvalue weighted by Crippen LogP contribution is 2.37. The first-order valence-corrected chi connectivity index (χ1v) is 12.4. The fraction of sp³-hybridized carbons (Fsp3) is 0.308. The van der Waals surface area contributed by atoms with E-state index in [2.05, 4.69) is 15.2 Å². The monoisotopic (exact) mass is 474 g/mol. The van der Waals surface area contributed by atoms with Crippen molar-refractivity contribution in [3.05, 3.63) is 81.8 Å². The van der Waals surface area contributed by atoms with E-state index in [1.807, 2.05) is 54.8 Å². The van der Waals surface area contributed by atoms with E-state index in [4.69, 9.17) is 0 Å². The number of anilines is 1. The van der Waals surface area contributed by atoms with E-state index in [-0.39, 0.29) is 23.6 Å². The Hall–Kier alpha value is -3.52. The highest BCUT2D eigenvalue weighted by Gasteiger charge is 2.42. The summed E-state index contributed by atoms with van der Waals surface area (Å²) in [6.07, 6.45) is 3.32. The molecule has 1 saturated heterocycles. The summed E-state index contributed by atoms with van der Waals surface area (Å²) in [5.41, 5.74) is 2.64. The van der Waals surface area contributed by atoms with E-state index in [1.165, 1.54) is 16.2 Å². The van der Waals surface area contributed by atoms with Crippen molar-refractivity contribution in [1.29, 1.82) is 0 Å². The van der Waals surface area contributed by atoms with Gasteiger partial charge in [-0.3, -0.25) is 19.3 Å². The molecule has 0 unspecified atom stereocenters. The Labute approximate surface area is 202 Å². The molecule has 0 spiro atoms. The lowest BCUT2D eigenvalue weighted by molar-refractivity contribution is -0.125. The van der Waals surface area contributed by atoms with E-state index in [0.29, 0.717) is 24.2 Å². The van der Waals surface area contributed by atoms with Crippen LogP contribution in [-0.4, -0.2) is 40.7 Å². The van der Waals surface area contributed by atoms with E-state index in [1.54, 1.807) is 12.3 Å². The van der Waals surface area contributed by atoms with Gasteiger partial charge >= 0.3 is 0 Å². The molecular weight excluding hydrogens is 448 g/mol. The number of aromatic nitrogens is 1. The van der Waals surface area contributed by atoms with E-state index < -0.39 is 6.04 Å². The molecular formula is C26H26N4O3S. The highest BCUT2D eigenvalue weighted by atomic mass is 32.1. The summed E-state index contributed by atoms with van der Waals surface area (Å²) in [5.74, 6) is -0.749. The molecule has 3 heterocycles. The summed E-state index contributed by atoms with van der Waals surface area (Å²) >= 11 is 1.43. The summed E-state index contributed by atoms with van der Waals surface area (Å²) in [7, 11) is 0. The van der Waals surface area contributed by atoms with Crippen molar-refractivity contribution in [3.63, 3.8) is 0 Å². The third-order valence-electron chi connectivity index (χ3n) is 6.56. The van der Waals surface area contributed by atoms with Gasteiger partial charge < -0.3 is 10.2 Å². The summed E-state index contributed by atoms with van der Waals surface area (Å²) in [5, 5.41) is 5.61. The number of nitrogens with one attached hydrogen (secondary N) is 1. The minimum absolute atomic E-state index is 0.0163. The van der Waals surface area contributed by atoms with E-state index >= 15 is 0 Å². The quantitative estimate of drug-likeness (QED) is 0.546. The fourth-order valence-electron chi connectivity index (χ4n) is 4.79. The van der Waals surface area contributed by atoms with Crippen LogP contribution in [0.2, 0.25) is 0 Å². The van der Waals surface area contributed by atoms with Crippen molar-refractivity contribution in [2.45, 2.75) is 32.4 Å². The van der Waals surface area contributed by atoms with Gasteiger partial charge in [-0.15, -0.1) is 11.3 Å². The van der Waals surface area contributed by atoms with Gasteiger partial charge in [0.25, 0.3) is 11.8 Å². The normalized spacial score (nSPS) is 18.7. The molecule has 0 aliphatic carbocycles. The number of thiazole rings is 1. The number of piperidine rings is 1. The fourth-order valence-corrected chi connectivity index (χ4v) is 5.48. The number of carbonyl (C=O) groups is 3. The number of imide groups is 1. The Morgan fingerprint density at radius 1 is 1.15 bits per heavy atom. The predicted octanol–water partition coefficient (Wildman–Crippen LogP) is 4.03. The van der Waals surface area contributed by atoms with Crippen LogP contribution < -0.4 is 10.2 Å². The van der Waals surface area contributed by atoms with Crippen LogP contribution in [0.15, 0.2) is 60.1 Å². The molecule has 0 radical (unpaired) electrons. The second-order valence-corrected chi connectivity index (χ2v) is 9.64. The molecule has 2 aromatic carbocycles. The highest BCUT2D eigenvalue weighted by molar-refractivity contribution is 7.09. The zero-order valence-electron chi connectivity index (χ0n) is 18.9. The molecule has 0 bridgehead atoms. The first kappa shape index (κ1) is 22.3. The number of rotatable bonds is 6. The zero-order valence-corrected chi connectivity index (χ0v) is 19.8. The molecule has 5 rings (SSSR count). The molecule has 3 amide bonds. The minimum atomic E-state index is -0.432. The van der Waals surface area contributed by atoms with Crippen LogP contribution in [0.1, 0.15) is 57.1 Å². The lowest BCUT2D eigenvalue weighted by Crippen LogP contribution is -2.43. The minimum Gasteiger partial charge on any atom is -0.370 e. The van der Waals surface area contributed by atoms with Gasteiger partial charge in [0, 0.05) is 31.2 Å². The van der Waals surface area contributed by atoms with Gasteiger partial charge in [-0.1, -0.05) is 36.4 Å². The maximum absolute atomic E-state index is 13.5. The van der Waals surface area contributed by atoms with Crippen molar-refractivity contribution in [2.24, 2.45) is 5.92 Å². The second-order valence-electron chi connectivity index (χ2n) is 8.71. The Bertz CT molecular complexity index is 1210. The summed E-state index contributed by atoms with van der Waals surface area (Å²) < 4.78 is 0. The SMILES string of the molecule is C[C@H](c1nccs1)N1C(=O)c2cccc(N3CCC[C@@H](C(=O)NCc4ccccc4)C3)c2C1=O. The Morgan fingerprint density at radius 2 is 1.97 bits per heavy atom. The molecule has 1 N–H and O–H groups in total. The molecule has 1 fully saturated rings. The van der Waals surface area contributed by atoms with Gasteiger partial charge in [0.2, 0.25) is 5.91 Å². The standard InChI is InChI=1S/C26H26N4O3S/c1-17(24-27-12-14-34-24)30-25(32)20-10-5-11-21(22(20)26(30)33)29-13-6-9-19(16-29)23(31)28-15-18-7-3-2-4-8-18/h2-5,7-8,10-12,14,17,19H,6,9,13,15-16H2,1H3,(H,28,31)/t17-,19-/m1/s1. The average molecular weight is 475 g/mol. The first-order chi connectivity index (χ1) is 16.5. The maximum atomic E-state index is 13.5. The van der Waals surface area contributed by atoms with Gasteiger partial charge in [-0.05, 0) is 37.5 Å². The molecule has 1 aromatic heterocycles. The molecule has 2 aliphatic heterocycles. The average Bonchev–Trinajstić information content (AvgIpc) is 3.50. The number of hydrogen-bond donors (Lipinski definition) is 1. The van der Waals surface area contributed by atoms with Crippen molar-refractivity contribution in [3.8, 4) is 0 Å². The third kappa shape index (κ3) is 4.09. The molecule has 3 aromatic rings. The lowest BCUT2D eigenvalue weighted by Gasteiger charge is -2.34. The molecule has 0 saturated carbocycles. The predicted molar refractivity (Wildman–Crippen MR) is 131 cm³/mol.